The van der Waals surface area contributed by atoms with Gasteiger partial charge in [0.2, 0.25) is 5.91 Å². The Balaban J connectivity index is 1.80. The quantitative estimate of drug-likeness (QED) is 0.785. The number of carbonyl (C=O) groups excluding carboxylic acids is 2. The maximum absolute atomic E-state index is 12.6. The Hall–Kier alpha value is -2.87. The van der Waals surface area contributed by atoms with Crippen molar-refractivity contribution in [3.8, 4) is 0 Å². The monoisotopic (exact) mass is 373 g/mol. The average molecular weight is 373 g/mol. The molecule has 1 aliphatic heterocycles. The maximum Gasteiger partial charge on any atom is 0.324 e. The van der Waals surface area contributed by atoms with E-state index < -0.39 is 16.1 Å². The minimum Gasteiger partial charge on any atom is -0.329 e. The van der Waals surface area contributed by atoms with E-state index in [4.69, 9.17) is 0 Å². The molecule has 26 heavy (non-hydrogen) atoms. The van der Waals surface area contributed by atoms with Crippen molar-refractivity contribution >= 4 is 27.6 Å². The van der Waals surface area contributed by atoms with Gasteiger partial charge in [0.15, 0.2) is 0 Å². The minimum atomic E-state index is -3.73. The van der Waals surface area contributed by atoms with Gasteiger partial charge < -0.3 is 5.32 Å². The Morgan fingerprint density at radius 2 is 1.85 bits per heavy atom. The second kappa shape index (κ2) is 6.80. The molecule has 0 aliphatic carbocycles. The number of benzene rings is 2. The molecule has 3 rings (SSSR count). The number of aryl methyl sites for hydroxylation is 2. The fourth-order valence-corrected chi connectivity index (χ4v) is 3.76. The lowest BCUT2D eigenvalue weighted by molar-refractivity contribution is -0.125. The summed E-state index contributed by atoms with van der Waals surface area (Å²) in [5, 5.41) is 2.45. The normalized spacial score (nSPS) is 14.5. The van der Waals surface area contributed by atoms with Gasteiger partial charge in [-0.2, -0.15) is 0 Å². The van der Waals surface area contributed by atoms with Gasteiger partial charge in [-0.25, -0.2) is 13.2 Å². The molecule has 0 saturated carbocycles. The summed E-state index contributed by atoms with van der Waals surface area (Å²) in [6, 6.07) is 11.1. The lowest BCUT2D eigenvalue weighted by Crippen LogP contribution is -2.30. The summed E-state index contributed by atoms with van der Waals surface area (Å²) in [5.74, 6) is -0.309. The molecule has 0 aromatic heterocycles. The van der Waals surface area contributed by atoms with Crippen molar-refractivity contribution in [2.45, 2.75) is 25.3 Å². The van der Waals surface area contributed by atoms with Crippen molar-refractivity contribution in [2.24, 2.45) is 0 Å². The minimum absolute atomic E-state index is 0.0159. The second-order valence-electron chi connectivity index (χ2n) is 6.19. The lowest BCUT2D eigenvalue weighted by Gasteiger charge is -2.14. The molecule has 8 heteroatoms. The van der Waals surface area contributed by atoms with E-state index in [1.165, 1.54) is 0 Å². The number of anilines is 1. The molecule has 2 aromatic rings. The Bertz CT molecular complexity index is 970. The van der Waals surface area contributed by atoms with Crippen molar-refractivity contribution in [3.63, 3.8) is 0 Å². The van der Waals surface area contributed by atoms with Crippen molar-refractivity contribution in [2.75, 3.05) is 11.3 Å². The molecule has 1 aliphatic rings. The lowest BCUT2D eigenvalue weighted by atomic mass is 10.1. The molecule has 1 heterocycles. The maximum atomic E-state index is 12.6. The van der Waals surface area contributed by atoms with Crippen molar-refractivity contribution < 1.29 is 18.0 Å². The second-order valence-corrected chi connectivity index (χ2v) is 7.87. The number of hydrogen-bond donors (Lipinski definition) is 2. The summed E-state index contributed by atoms with van der Waals surface area (Å²) in [7, 11) is -3.73. The van der Waals surface area contributed by atoms with Crippen molar-refractivity contribution in [1.82, 2.24) is 10.2 Å². The van der Waals surface area contributed by atoms with E-state index in [0.29, 0.717) is 11.3 Å². The molecule has 0 spiro atoms. The molecule has 2 N–H and O–H groups in total. The zero-order valence-electron chi connectivity index (χ0n) is 14.4. The Kier molecular flexibility index (Phi) is 4.69. The fourth-order valence-electron chi connectivity index (χ4n) is 2.63. The standard InChI is InChI=1S/C18H19N3O4S/c1-12-6-7-16(8-13(12)2)26(24,25)20-15-5-3-4-14(9-15)11-21-17(22)10-19-18(21)23/h3-9,20H,10-11H2,1-2H3,(H,19,23). The molecule has 136 valence electrons. The first-order valence-corrected chi connectivity index (χ1v) is 9.52. The van der Waals surface area contributed by atoms with Crippen molar-refractivity contribution in [1.29, 1.82) is 0 Å². The van der Waals surface area contributed by atoms with Gasteiger partial charge in [-0.1, -0.05) is 18.2 Å². The highest BCUT2D eigenvalue weighted by atomic mass is 32.2. The Morgan fingerprint density at radius 3 is 2.50 bits per heavy atom. The summed E-state index contributed by atoms with van der Waals surface area (Å²) in [4.78, 5) is 24.6. The van der Waals surface area contributed by atoms with Gasteiger partial charge in [0.1, 0.15) is 0 Å². The SMILES string of the molecule is Cc1ccc(S(=O)(=O)Nc2cccc(CN3C(=O)CNC3=O)c2)cc1C. The number of carbonyl (C=O) groups is 2. The van der Waals surface area contributed by atoms with Gasteiger partial charge in [-0.15, -0.1) is 0 Å². The summed E-state index contributed by atoms with van der Waals surface area (Å²) >= 11 is 0. The van der Waals surface area contributed by atoms with E-state index in [1.54, 1.807) is 42.5 Å². The van der Waals surface area contributed by atoms with E-state index in [9.17, 15) is 18.0 Å². The average Bonchev–Trinajstić information content (AvgIpc) is 2.89. The van der Waals surface area contributed by atoms with E-state index in [-0.39, 0.29) is 23.9 Å². The summed E-state index contributed by atoms with van der Waals surface area (Å²) in [6.45, 7) is 3.84. The van der Waals surface area contributed by atoms with Crippen LogP contribution in [-0.2, 0) is 21.4 Å². The molecule has 0 bridgehead atoms. The number of urea groups is 1. The number of imide groups is 1. The van der Waals surface area contributed by atoms with Crippen LogP contribution in [-0.4, -0.2) is 31.8 Å². The van der Waals surface area contributed by atoms with Gasteiger partial charge in [-0.3, -0.25) is 14.4 Å². The van der Waals surface area contributed by atoms with Crippen molar-refractivity contribution in [3.05, 3.63) is 59.2 Å². The highest BCUT2D eigenvalue weighted by Crippen LogP contribution is 2.20. The molecule has 0 atom stereocenters. The van der Waals surface area contributed by atoms with Crippen LogP contribution >= 0.6 is 0 Å². The largest absolute Gasteiger partial charge is 0.329 e. The van der Waals surface area contributed by atoms with E-state index >= 15 is 0 Å². The van der Waals surface area contributed by atoms with Crippen LogP contribution in [0.2, 0.25) is 0 Å². The predicted octanol–water partition coefficient (Wildman–Crippen LogP) is 2.16. The van der Waals surface area contributed by atoms with Gasteiger partial charge >= 0.3 is 6.03 Å². The number of nitrogens with zero attached hydrogens (tertiary/aromatic N) is 1. The summed E-state index contributed by atoms with van der Waals surface area (Å²) < 4.78 is 27.7. The number of nitrogens with one attached hydrogen (secondary N) is 2. The predicted molar refractivity (Wildman–Crippen MR) is 97.1 cm³/mol. The van der Waals surface area contributed by atoms with Crippen LogP contribution in [0, 0.1) is 13.8 Å². The van der Waals surface area contributed by atoms with Gasteiger partial charge in [-0.05, 0) is 54.8 Å². The molecule has 7 nitrogen and oxygen atoms in total. The molecule has 0 radical (unpaired) electrons. The topological polar surface area (TPSA) is 95.6 Å². The van der Waals surface area contributed by atoms with Crippen LogP contribution in [0.1, 0.15) is 16.7 Å². The number of sulfonamides is 1. The first-order chi connectivity index (χ1) is 12.3. The van der Waals surface area contributed by atoms with Crippen LogP contribution in [0.25, 0.3) is 0 Å². The number of amides is 3. The van der Waals surface area contributed by atoms with Crippen LogP contribution in [0.3, 0.4) is 0 Å². The zero-order chi connectivity index (χ0) is 18.9. The molecule has 3 amide bonds. The number of hydrogen-bond acceptors (Lipinski definition) is 4. The third kappa shape index (κ3) is 3.70. The van der Waals surface area contributed by atoms with Crippen LogP contribution in [0.15, 0.2) is 47.4 Å². The van der Waals surface area contributed by atoms with Gasteiger partial charge in [0.05, 0.1) is 18.0 Å². The molecule has 0 unspecified atom stereocenters. The van der Waals surface area contributed by atoms with E-state index in [1.807, 2.05) is 13.8 Å². The highest BCUT2D eigenvalue weighted by Gasteiger charge is 2.28. The smallest absolute Gasteiger partial charge is 0.324 e. The fraction of sp³-hybridized carbons (Fsp3) is 0.222. The van der Waals surface area contributed by atoms with Crippen LogP contribution in [0.5, 0.6) is 0 Å². The number of rotatable bonds is 5. The van der Waals surface area contributed by atoms with Gasteiger partial charge in [0.25, 0.3) is 10.0 Å². The third-order valence-electron chi connectivity index (χ3n) is 4.25. The highest BCUT2D eigenvalue weighted by molar-refractivity contribution is 7.92. The Labute approximate surface area is 152 Å². The third-order valence-corrected chi connectivity index (χ3v) is 5.62. The van der Waals surface area contributed by atoms with Crippen LogP contribution < -0.4 is 10.0 Å². The van der Waals surface area contributed by atoms with E-state index in [2.05, 4.69) is 10.0 Å². The summed E-state index contributed by atoms with van der Waals surface area (Å²) in [6.07, 6.45) is 0. The molecular weight excluding hydrogens is 354 g/mol. The molecule has 1 saturated heterocycles. The molecular formula is C18H19N3O4S. The van der Waals surface area contributed by atoms with Crippen LogP contribution in [0.4, 0.5) is 10.5 Å². The first kappa shape index (κ1) is 17.9. The molecule has 2 aromatic carbocycles. The zero-order valence-corrected chi connectivity index (χ0v) is 15.3. The van der Waals surface area contributed by atoms with E-state index in [0.717, 1.165) is 16.0 Å². The molecule has 1 fully saturated rings. The Morgan fingerprint density at radius 1 is 1.08 bits per heavy atom. The summed E-state index contributed by atoms with van der Waals surface area (Å²) in [5.41, 5.74) is 2.92. The van der Waals surface area contributed by atoms with Gasteiger partial charge in [0, 0.05) is 5.69 Å². The first-order valence-electron chi connectivity index (χ1n) is 8.03.